The molecule has 1 heterocycles. The molecule has 0 aliphatic carbocycles. The zero-order valence-electron chi connectivity index (χ0n) is 12.7. The summed E-state index contributed by atoms with van der Waals surface area (Å²) in [5.41, 5.74) is 2.02. The fourth-order valence-corrected chi connectivity index (χ4v) is 2.69. The normalized spacial score (nSPS) is 18.1. The van der Waals surface area contributed by atoms with Gasteiger partial charge < -0.3 is 10.1 Å². The molecule has 1 N–H and O–H groups in total. The Kier molecular flexibility index (Phi) is 5.52. The number of nitro benzene ring substituents is 1. The van der Waals surface area contributed by atoms with Gasteiger partial charge >= 0.3 is 0 Å². The van der Waals surface area contributed by atoms with Crippen molar-refractivity contribution in [2.24, 2.45) is 0 Å². The van der Waals surface area contributed by atoms with Gasteiger partial charge in [-0.25, -0.2) is 0 Å². The van der Waals surface area contributed by atoms with Crippen LogP contribution in [0.25, 0.3) is 0 Å². The van der Waals surface area contributed by atoms with E-state index in [4.69, 9.17) is 4.74 Å². The first-order chi connectivity index (χ1) is 10.1. The van der Waals surface area contributed by atoms with E-state index >= 15 is 0 Å². The van der Waals surface area contributed by atoms with Crippen LogP contribution in [0, 0.1) is 10.1 Å². The van der Waals surface area contributed by atoms with Crippen molar-refractivity contribution < 1.29 is 9.66 Å². The summed E-state index contributed by atoms with van der Waals surface area (Å²) in [5.74, 6) is 0. The highest BCUT2D eigenvalue weighted by Gasteiger charge is 2.20. The molecule has 6 heteroatoms. The van der Waals surface area contributed by atoms with E-state index < -0.39 is 0 Å². The zero-order chi connectivity index (χ0) is 15.2. The summed E-state index contributed by atoms with van der Waals surface area (Å²) in [7, 11) is 1.83. The molecule has 1 aliphatic heterocycles. The number of nitrogens with zero attached hydrogens (tertiary/aromatic N) is 2. The average Bonchev–Trinajstić information content (AvgIpc) is 2.99. The first kappa shape index (κ1) is 15.7. The predicted octanol–water partition coefficient (Wildman–Crippen LogP) is 2.64. The molecule has 0 aromatic heterocycles. The number of rotatable bonds is 7. The van der Waals surface area contributed by atoms with E-state index in [9.17, 15) is 10.1 Å². The summed E-state index contributed by atoms with van der Waals surface area (Å²) in [4.78, 5) is 12.9. The third-order valence-electron chi connectivity index (χ3n) is 3.90. The quantitative estimate of drug-likeness (QED) is 0.618. The van der Waals surface area contributed by atoms with Crippen molar-refractivity contribution in [3.63, 3.8) is 0 Å². The summed E-state index contributed by atoms with van der Waals surface area (Å²) in [6.45, 7) is 5.41. The number of anilines is 1. The van der Waals surface area contributed by atoms with Gasteiger partial charge in [0.1, 0.15) is 0 Å². The lowest BCUT2D eigenvalue weighted by Gasteiger charge is -2.24. The molecule has 6 nitrogen and oxygen atoms in total. The van der Waals surface area contributed by atoms with E-state index in [1.165, 1.54) is 6.07 Å². The van der Waals surface area contributed by atoms with Crippen LogP contribution in [-0.4, -0.2) is 42.7 Å². The lowest BCUT2D eigenvalue weighted by atomic mass is 10.1. The standard InChI is InChI=1S/C15H23N3O3/c1-3-17(11-14-5-4-8-21-14)10-12-9-13(18(19)20)6-7-15(12)16-2/h6-7,9,14,16H,3-5,8,10-11H2,1-2H3. The summed E-state index contributed by atoms with van der Waals surface area (Å²) in [6.07, 6.45) is 2.52. The van der Waals surface area contributed by atoms with E-state index in [1.54, 1.807) is 12.1 Å². The van der Waals surface area contributed by atoms with Crippen molar-refractivity contribution in [2.75, 3.05) is 32.1 Å². The van der Waals surface area contributed by atoms with E-state index in [0.717, 1.165) is 43.8 Å². The highest BCUT2D eigenvalue weighted by atomic mass is 16.6. The summed E-state index contributed by atoms with van der Waals surface area (Å²) in [5, 5.41) is 14.0. The second kappa shape index (κ2) is 7.38. The molecule has 1 aromatic carbocycles. The number of ether oxygens (including phenoxy) is 1. The molecule has 0 saturated carbocycles. The Bertz CT molecular complexity index is 487. The predicted molar refractivity (Wildman–Crippen MR) is 82.6 cm³/mol. The number of hydrogen-bond acceptors (Lipinski definition) is 5. The van der Waals surface area contributed by atoms with Gasteiger partial charge in [-0.05, 0) is 31.0 Å². The van der Waals surface area contributed by atoms with Gasteiger partial charge in [-0.1, -0.05) is 6.92 Å². The van der Waals surface area contributed by atoms with Crippen molar-refractivity contribution >= 4 is 11.4 Å². The van der Waals surface area contributed by atoms with Crippen molar-refractivity contribution in [2.45, 2.75) is 32.4 Å². The van der Waals surface area contributed by atoms with Crippen LogP contribution in [-0.2, 0) is 11.3 Å². The van der Waals surface area contributed by atoms with Gasteiger partial charge in [-0.3, -0.25) is 15.0 Å². The first-order valence-corrected chi connectivity index (χ1v) is 7.43. The van der Waals surface area contributed by atoms with Crippen molar-refractivity contribution in [1.82, 2.24) is 4.90 Å². The van der Waals surface area contributed by atoms with Crippen molar-refractivity contribution in [3.8, 4) is 0 Å². The van der Waals surface area contributed by atoms with Crippen LogP contribution in [0.2, 0.25) is 0 Å². The van der Waals surface area contributed by atoms with Crippen LogP contribution in [0.4, 0.5) is 11.4 Å². The highest BCUT2D eigenvalue weighted by molar-refractivity contribution is 5.55. The van der Waals surface area contributed by atoms with Gasteiger partial charge in [-0.15, -0.1) is 0 Å². The van der Waals surface area contributed by atoms with Crippen LogP contribution in [0.3, 0.4) is 0 Å². The molecule has 1 fully saturated rings. The molecule has 1 saturated heterocycles. The summed E-state index contributed by atoms with van der Waals surface area (Å²) >= 11 is 0. The van der Waals surface area contributed by atoms with E-state index in [2.05, 4.69) is 17.1 Å². The molecule has 0 amide bonds. The third-order valence-corrected chi connectivity index (χ3v) is 3.90. The van der Waals surface area contributed by atoms with Gasteiger partial charge in [0.25, 0.3) is 5.69 Å². The fourth-order valence-electron chi connectivity index (χ4n) is 2.69. The highest BCUT2D eigenvalue weighted by Crippen LogP contribution is 2.24. The Morgan fingerprint density at radius 1 is 1.52 bits per heavy atom. The fraction of sp³-hybridized carbons (Fsp3) is 0.600. The Labute approximate surface area is 125 Å². The molecule has 1 aliphatic rings. The SMILES string of the molecule is CCN(Cc1cc([N+](=O)[O-])ccc1NC)CC1CCCO1. The van der Waals surface area contributed by atoms with Gasteiger partial charge in [0.2, 0.25) is 0 Å². The monoisotopic (exact) mass is 293 g/mol. The maximum Gasteiger partial charge on any atom is 0.269 e. The molecular formula is C15H23N3O3. The molecule has 2 rings (SSSR count). The Morgan fingerprint density at radius 3 is 2.90 bits per heavy atom. The molecule has 0 spiro atoms. The molecule has 0 bridgehead atoms. The number of hydrogen-bond donors (Lipinski definition) is 1. The Hall–Kier alpha value is -1.66. The third kappa shape index (κ3) is 4.15. The van der Waals surface area contributed by atoms with Crippen LogP contribution < -0.4 is 5.32 Å². The lowest BCUT2D eigenvalue weighted by molar-refractivity contribution is -0.384. The Morgan fingerprint density at radius 2 is 2.33 bits per heavy atom. The van der Waals surface area contributed by atoms with Crippen LogP contribution in [0.1, 0.15) is 25.3 Å². The Balaban J connectivity index is 2.10. The summed E-state index contributed by atoms with van der Waals surface area (Å²) < 4.78 is 5.68. The molecule has 116 valence electrons. The second-order valence-corrected chi connectivity index (χ2v) is 5.31. The minimum absolute atomic E-state index is 0.136. The van der Waals surface area contributed by atoms with Crippen molar-refractivity contribution in [1.29, 1.82) is 0 Å². The van der Waals surface area contributed by atoms with Gasteiger partial charge in [0, 0.05) is 44.6 Å². The van der Waals surface area contributed by atoms with Crippen LogP contribution in [0.5, 0.6) is 0 Å². The minimum Gasteiger partial charge on any atom is -0.388 e. The number of likely N-dealkylation sites (N-methyl/N-ethyl adjacent to an activating group) is 1. The van der Waals surface area contributed by atoms with Gasteiger partial charge in [-0.2, -0.15) is 0 Å². The molecular weight excluding hydrogens is 270 g/mol. The van der Waals surface area contributed by atoms with E-state index in [-0.39, 0.29) is 10.6 Å². The number of nitro groups is 1. The van der Waals surface area contributed by atoms with Gasteiger partial charge in [0.05, 0.1) is 11.0 Å². The average molecular weight is 293 g/mol. The van der Waals surface area contributed by atoms with E-state index in [1.807, 2.05) is 7.05 Å². The molecule has 0 radical (unpaired) electrons. The maximum absolute atomic E-state index is 10.9. The first-order valence-electron chi connectivity index (χ1n) is 7.43. The van der Waals surface area contributed by atoms with Crippen LogP contribution >= 0.6 is 0 Å². The molecule has 21 heavy (non-hydrogen) atoms. The second-order valence-electron chi connectivity index (χ2n) is 5.31. The number of nitrogens with one attached hydrogen (secondary N) is 1. The summed E-state index contributed by atoms with van der Waals surface area (Å²) in [6, 6.07) is 4.96. The maximum atomic E-state index is 10.9. The van der Waals surface area contributed by atoms with Gasteiger partial charge in [0.15, 0.2) is 0 Å². The molecule has 1 atom stereocenters. The number of non-ortho nitro benzene ring substituents is 1. The largest absolute Gasteiger partial charge is 0.388 e. The lowest BCUT2D eigenvalue weighted by Crippen LogP contribution is -2.31. The van der Waals surface area contributed by atoms with E-state index in [0.29, 0.717) is 12.6 Å². The van der Waals surface area contributed by atoms with Crippen LogP contribution in [0.15, 0.2) is 18.2 Å². The van der Waals surface area contributed by atoms with Crippen molar-refractivity contribution in [3.05, 3.63) is 33.9 Å². The number of benzene rings is 1. The molecule has 1 unspecified atom stereocenters. The molecule has 1 aromatic rings. The smallest absolute Gasteiger partial charge is 0.269 e. The topological polar surface area (TPSA) is 67.6 Å². The zero-order valence-corrected chi connectivity index (χ0v) is 12.7. The minimum atomic E-state index is -0.348.